The van der Waals surface area contributed by atoms with Crippen LogP contribution in [0.4, 0.5) is 32.3 Å². The summed E-state index contributed by atoms with van der Waals surface area (Å²) in [5.74, 6) is 1.93. The first kappa shape index (κ1) is 28.6. The molecule has 0 unspecified atom stereocenters. The first-order valence-electron chi connectivity index (χ1n) is 12.5. The Bertz CT molecular complexity index is 1680. The lowest BCUT2D eigenvalue weighted by Gasteiger charge is -2.10. The van der Waals surface area contributed by atoms with Crippen molar-refractivity contribution in [2.24, 2.45) is 0 Å². The van der Waals surface area contributed by atoms with Gasteiger partial charge in [-0.05, 0) is 44.9 Å². The summed E-state index contributed by atoms with van der Waals surface area (Å²) in [6.45, 7) is 5.02. The molecule has 17 heteroatoms. The van der Waals surface area contributed by atoms with Crippen molar-refractivity contribution in [2.45, 2.75) is 51.9 Å². The smallest absolute Gasteiger partial charge is 0.340 e. The molecule has 0 radical (unpaired) electrons. The first-order chi connectivity index (χ1) is 19.3. The number of anilines is 1. The van der Waals surface area contributed by atoms with E-state index in [1.807, 2.05) is 0 Å². The monoisotopic (exact) mass is 600 g/mol. The Morgan fingerprint density at radius 2 is 1.61 bits per heavy atom. The summed E-state index contributed by atoms with van der Waals surface area (Å²) in [5, 5.41) is 15.1. The van der Waals surface area contributed by atoms with Gasteiger partial charge in [0.05, 0.1) is 10.7 Å². The topological polar surface area (TPSA) is 105 Å². The molecule has 0 spiro atoms. The largest absolute Gasteiger partial charge is 0.420 e. The molecule has 1 aliphatic heterocycles. The summed E-state index contributed by atoms with van der Waals surface area (Å²) in [7, 11) is 0. The summed E-state index contributed by atoms with van der Waals surface area (Å²) in [6.07, 6.45) is -4.47. The molecule has 41 heavy (non-hydrogen) atoms. The molecule has 5 aromatic heterocycles. The minimum atomic E-state index is -4.56. The highest BCUT2D eigenvalue weighted by atomic mass is 35.5. The number of alkyl halides is 6. The number of halogens is 7. The molecular formula is C24H23ClF6N10. The van der Waals surface area contributed by atoms with E-state index in [1.165, 1.54) is 12.3 Å². The number of nitrogens with one attached hydrogen (secondary N) is 1. The van der Waals surface area contributed by atoms with Crippen molar-refractivity contribution in [1.29, 1.82) is 0 Å². The van der Waals surface area contributed by atoms with Gasteiger partial charge in [0, 0.05) is 32.1 Å². The third kappa shape index (κ3) is 6.06. The minimum absolute atomic E-state index is 0.00300. The third-order valence-electron chi connectivity index (χ3n) is 6.40. The standard InChI is InChI=1S/C16H17ClF3N7.C8H6F3N3/c1-9-11(17)8-10(16(18,19)20)14-21-13(25-27(9)14)5-4-12-22-15(24-23-12)26-6-2-3-7-26;1-5-12-7-6(8(9,10)11)3-2-4-14(7)13-5/h8H,2-7H2,1H3,(H,22,23,24);2-4H,1H3. The van der Waals surface area contributed by atoms with E-state index >= 15 is 0 Å². The van der Waals surface area contributed by atoms with Crippen molar-refractivity contribution in [1.82, 2.24) is 44.4 Å². The van der Waals surface area contributed by atoms with Crippen LogP contribution in [0.5, 0.6) is 0 Å². The molecule has 0 atom stereocenters. The zero-order valence-electron chi connectivity index (χ0n) is 21.7. The molecule has 1 N–H and O–H groups in total. The zero-order chi connectivity index (χ0) is 29.5. The Labute approximate surface area is 233 Å². The number of aryl methyl sites for hydroxylation is 4. The van der Waals surface area contributed by atoms with E-state index in [1.54, 1.807) is 13.8 Å². The molecule has 1 saturated heterocycles. The molecule has 10 nitrogen and oxygen atoms in total. The number of aromatic nitrogens is 9. The molecule has 1 fully saturated rings. The molecule has 6 rings (SSSR count). The first-order valence-corrected chi connectivity index (χ1v) is 12.9. The predicted molar refractivity (Wildman–Crippen MR) is 136 cm³/mol. The molecule has 0 aromatic carbocycles. The fraction of sp³-hybridized carbons (Fsp3) is 0.417. The van der Waals surface area contributed by atoms with Crippen molar-refractivity contribution in [3.8, 4) is 0 Å². The van der Waals surface area contributed by atoms with Crippen LogP contribution in [0.25, 0.3) is 11.3 Å². The lowest BCUT2D eigenvalue weighted by molar-refractivity contribution is -0.137. The average molecular weight is 601 g/mol. The van der Waals surface area contributed by atoms with Gasteiger partial charge in [0.1, 0.15) is 22.8 Å². The maximum Gasteiger partial charge on any atom is 0.420 e. The number of pyridine rings is 2. The average Bonchev–Trinajstić information content (AvgIpc) is 3.68. The maximum atomic E-state index is 13.3. The van der Waals surface area contributed by atoms with Gasteiger partial charge < -0.3 is 4.90 Å². The van der Waals surface area contributed by atoms with Gasteiger partial charge >= 0.3 is 12.4 Å². The van der Waals surface area contributed by atoms with E-state index in [9.17, 15) is 26.3 Å². The van der Waals surface area contributed by atoms with Crippen LogP contribution in [-0.2, 0) is 25.2 Å². The van der Waals surface area contributed by atoms with Gasteiger partial charge in [0.2, 0.25) is 5.95 Å². The van der Waals surface area contributed by atoms with E-state index in [0.717, 1.165) is 47.1 Å². The number of rotatable bonds is 4. The summed E-state index contributed by atoms with van der Waals surface area (Å²) in [5.41, 5.74) is -1.64. The van der Waals surface area contributed by atoms with Crippen LogP contribution in [-0.4, -0.2) is 57.5 Å². The zero-order valence-corrected chi connectivity index (χ0v) is 22.5. The normalized spacial score (nSPS) is 14.2. The van der Waals surface area contributed by atoms with Crippen molar-refractivity contribution in [2.75, 3.05) is 18.0 Å². The number of fused-ring (bicyclic) bond motifs is 2. The van der Waals surface area contributed by atoms with Gasteiger partial charge in [-0.15, -0.1) is 5.10 Å². The minimum Gasteiger partial charge on any atom is -0.340 e. The van der Waals surface area contributed by atoms with E-state index in [2.05, 4.69) is 40.2 Å². The fourth-order valence-electron chi connectivity index (χ4n) is 4.39. The quantitative estimate of drug-likeness (QED) is 0.280. The van der Waals surface area contributed by atoms with Crippen molar-refractivity contribution in [3.05, 3.63) is 63.7 Å². The molecular weight excluding hydrogens is 578 g/mol. The van der Waals surface area contributed by atoms with Crippen molar-refractivity contribution < 1.29 is 26.3 Å². The van der Waals surface area contributed by atoms with Crippen LogP contribution >= 0.6 is 11.6 Å². The second-order valence-electron chi connectivity index (χ2n) is 9.38. The number of hydrogen-bond donors (Lipinski definition) is 1. The lowest BCUT2D eigenvalue weighted by atomic mass is 10.2. The fourth-order valence-corrected chi connectivity index (χ4v) is 4.58. The van der Waals surface area contributed by atoms with Crippen molar-refractivity contribution in [3.63, 3.8) is 0 Å². The highest BCUT2D eigenvalue weighted by molar-refractivity contribution is 6.31. The third-order valence-corrected chi connectivity index (χ3v) is 6.78. The number of hydrogen-bond acceptors (Lipinski definition) is 7. The van der Waals surface area contributed by atoms with Gasteiger partial charge in [0.15, 0.2) is 17.1 Å². The summed E-state index contributed by atoms with van der Waals surface area (Å²) >= 11 is 5.93. The molecule has 5 aromatic rings. The van der Waals surface area contributed by atoms with Crippen LogP contribution < -0.4 is 4.90 Å². The Hall–Kier alpha value is -3.95. The molecule has 1 aliphatic rings. The van der Waals surface area contributed by atoms with E-state index in [-0.39, 0.29) is 16.3 Å². The van der Waals surface area contributed by atoms with E-state index < -0.39 is 23.5 Å². The molecule has 0 bridgehead atoms. The molecule has 218 valence electrons. The lowest BCUT2D eigenvalue weighted by Crippen LogP contribution is -2.18. The number of nitrogens with zero attached hydrogens (tertiary/aromatic N) is 9. The van der Waals surface area contributed by atoms with E-state index in [0.29, 0.717) is 42.0 Å². The van der Waals surface area contributed by atoms with E-state index in [4.69, 9.17) is 11.6 Å². The van der Waals surface area contributed by atoms with Gasteiger partial charge in [-0.25, -0.2) is 19.0 Å². The maximum absolute atomic E-state index is 13.3. The summed E-state index contributed by atoms with van der Waals surface area (Å²) in [4.78, 5) is 14.3. The Kier molecular flexibility index (Phi) is 7.52. The van der Waals surface area contributed by atoms with Crippen LogP contribution in [0.1, 0.15) is 47.1 Å². The second-order valence-corrected chi connectivity index (χ2v) is 9.78. The highest BCUT2D eigenvalue weighted by Crippen LogP contribution is 2.35. The Morgan fingerprint density at radius 3 is 2.29 bits per heavy atom. The van der Waals surface area contributed by atoms with Gasteiger partial charge in [-0.3, -0.25) is 5.10 Å². The summed E-state index contributed by atoms with van der Waals surface area (Å²) < 4.78 is 79.4. The van der Waals surface area contributed by atoms with Crippen molar-refractivity contribution >= 4 is 28.8 Å². The predicted octanol–water partition coefficient (Wildman–Crippen LogP) is 5.27. The SMILES string of the molecule is Cc1c(Cl)cc(C(F)(F)F)c2nc(CCc3nc(N4CCCC4)n[nH]3)nn12.Cc1nc2c(C(F)(F)F)cccn2n1. The Balaban J connectivity index is 0.000000202. The van der Waals surface area contributed by atoms with Crippen LogP contribution in [0, 0.1) is 13.8 Å². The van der Waals surface area contributed by atoms with Gasteiger partial charge in [-0.1, -0.05) is 11.6 Å². The number of aromatic amines is 1. The highest BCUT2D eigenvalue weighted by Gasteiger charge is 2.36. The summed E-state index contributed by atoms with van der Waals surface area (Å²) in [6, 6.07) is 3.18. The molecule has 0 aliphatic carbocycles. The molecule has 6 heterocycles. The second kappa shape index (κ2) is 10.8. The van der Waals surface area contributed by atoms with Crippen LogP contribution in [0.2, 0.25) is 5.02 Å². The van der Waals surface area contributed by atoms with Crippen LogP contribution in [0.3, 0.4) is 0 Å². The molecule has 0 amide bonds. The van der Waals surface area contributed by atoms with Gasteiger partial charge in [0.25, 0.3) is 0 Å². The van der Waals surface area contributed by atoms with Crippen LogP contribution in [0.15, 0.2) is 24.4 Å². The number of H-pyrrole nitrogens is 1. The van der Waals surface area contributed by atoms with Gasteiger partial charge in [-0.2, -0.15) is 41.5 Å². The molecule has 0 saturated carbocycles. The Morgan fingerprint density at radius 1 is 0.902 bits per heavy atom.